The molecule has 0 heterocycles. The fourth-order valence-electron chi connectivity index (χ4n) is 6.57. The zero-order chi connectivity index (χ0) is 36.5. The Morgan fingerprint density at radius 3 is 1.21 bits per heavy atom. The van der Waals surface area contributed by atoms with Gasteiger partial charge in [-0.2, -0.15) is 12.1 Å². The number of aryl methyl sites for hydroxylation is 4. The fraction of sp³-hybridized carbons (Fsp3) is 0.122. The van der Waals surface area contributed by atoms with Crippen LogP contribution in [-0.2, 0) is 31.7 Å². The van der Waals surface area contributed by atoms with E-state index in [1.807, 2.05) is 0 Å². The first-order valence-corrected chi connectivity index (χ1v) is 25.6. The van der Waals surface area contributed by atoms with Gasteiger partial charge in [-0.1, -0.05) is 97.8 Å². The molecule has 0 aliphatic rings. The Balaban J connectivity index is 0.000000134. The number of hydrogen-bond acceptors (Lipinski definition) is 0. The molecule has 0 bridgehead atoms. The van der Waals surface area contributed by atoms with Crippen LogP contribution in [-0.4, -0.2) is 3.21 Å². The van der Waals surface area contributed by atoms with Crippen LogP contribution in [0.25, 0.3) is 43.8 Å². The molecule has 0 nitrogen and oxygen atoms in total. The van der Waals surface area contributed by atoms with Crippen molar-refractivity contribution in [1.29, 1.82) is 0 Å². The van der Waals surface area contributed by atoms with Gasteiger partial charge < -0.3 is 0 Å². The molecule has 0 aliphatic carbocycles. The first-order chi connectivity index (χ1) is 25.3. The predicted molar refractivity (Wildman–Crippen MR) is 226 cm³/mol. The van der Waals surface area contributed by atoms with Crippen LogP contribution in [0, 0.1) is 13.8 Å². The van der Waals surface area contributed by atoms with Gasteiger partial charge >= 0.3 is 124 Å². The molecular formula is C49H44Cl2Zr-2. The molecule has 0 N–H and O–H groups in total. The van der Waals surface area contributed by atoms with Crippen molar-refractivity contribution in [2.75, 3.05) is 0 Å². The van der Waals surface area contributed by atoms with Gasteiger partial charge in [0.25, 0.3) is 0 Å². The van der Waals surface area contributed by atoms with Crippen LogP contribution in [0.2, 0.25) is 0 Å². The van der Waals surface area contributed by atoms with Gasteiger partial charge in [-0.05, 0) is 24.0 Å². The van der Waals surface area contributed by atoms with E-state index in [-0.39, 0.29) is 0 Å². The van der Waals surface area contributed by atoms with E-state index >= 15 is 0 Å². The van der Waals surface area contributed by atoms with Gasteiger partial charge in [0.2, 0.25) is 0 Å². The molecule has 0 spiro atoms. The van der Waals surface area contributed by atoms with Crippen molar-refractivity contribution in [1.82, 2.24) is 0 Å². The normalized spacial score (nSPS) is 10.7. The summed E-state index contributed by atoms with van der Waals surface area (Å²) in [4.78, 5) is 0. The SMILES string of the molecule is CCc1cc2c(-c3ccccc3)cccc2[cH-]1.CCc1cc2c(-c3ccccc3)cccc2[cH-]1.Cc1ccc([C](c2ccc(C)cc2)=[Zr]([Cl])[Cl])cc1. The minimum absolute atomic E-state index is 1.10. The van der Waals surface area contributed by atoms with E-state index in [0.717, 1.165) is 27.2 Å². The average Bonchev–Trinajstić information content (AvgIpc) is 3.82. The van der Waals surface area contributed by atoms with Gasteiger partial charge in [-0.3, -0.25) is 0 Å². The third-order valence-corrected chi connectivity index (χ3v) is 14.1. The molecule has 0 saturated heterocycles. The molecule has 3 heteroatoms. The van der Waals surface area contributed by atoms with Gasteiger partial charge in [0, 0.05) is 0 Å². The van der Waals surface area contributed by atoms with Crippen LogP contribution in [0.4, 0.5) is 0 Å². The summed E-state index contributed by atoms with van der Waals surface area (Å²) in [5.41, 5.74) is 12.9. The van der Waals surface area contributed by atoms with E-state index in [1.165, 1.54) is 66.1 Å². The Bertz CT molecular complexity index is 2210. The van der Waals surface area contributed by atoms with Crippen LogP contribution in [0.15, 0.2) is 170 Å². The van der Waals surface area contributed by atoms with Gasteiger partial charge in [0.05, 0.1) is 0 Å². The van der Waals surface area contributed by atoms with Crippen molar-refractivity contribution in [2.24, 2.45) is 0 Å². The Morgan fingerprint density at radius 1 is 0.481 bits per heavy atom. The molecule has 0 unspecified atom stereocenters. The van der Waals surface area contributed by atoms with E-state index < -0.39 is 18.9 Å². The number of rotatable bonds is 6. The molecule has 260 valence electrons. The van der Waals surface area contributed by atoms with Gasteiger partial charge in [-0.25, -0.2) is 0 Å². The summed E-state index contributed by atoms with van der Waals surface area (Å²) in [5.74, 6) is 0. The van der Waals surface area contributed by atoms with Crippen molar-refractivity contribution in [3.8, 4) is 22.3 Å². The van der Waals surface area contributed by atoms with Crippen molar-refractivity contribution in [3.63, 3.8) is 0 Å². The Morgan fingerprint density at radius 2 is 0.865 bits per heavy atom. The summed E-state index contributed by atoms with van der Waals surface area (Å²) in [6.07, 6.45) is 2.20. The summed E-state index contributed by atoms with van der Waals surface area (Å²) in [6, 6.07) is 60.3. The quantitative estimate of drug-likeness (QED) is 0.147. The van der Waals surface area contributed by atoms with E-state index in [2.05, 4.69) is 198 Å². The van der Waals surface area contributed by atoms with E-state index in [0.29, 0.717) is 0 Å². The maximum atomic E-state index is 6.32. The third kappa shape index (κ3) is 9.26. The van der Waals surface area contributed by atoms with Gasteiger partial charge in [-0.15, -0.1) is 69.1 Å². The summed E-state index contributed by atoms with van der Waals surface area (Å²) >= 11 is -2.48. The van der Waals surface area contributed by atoms with Crippen LogP contribution < -0.4 is 0 Å². The molecule has 8 aromatic rings. The zero-order valence-electron chi connectivity index (χ0n) is 30.3. The summed E-state index contributed by atoms with van der Waals surface area (Å²) < 4.78 is 1.15. The summed E-state index contributed by atoms with van der Waals surface area (Å²) in [7, 11) is 12.6. The standard InChI is InChI=1S/2C17H15.C15H14.2ClH.Zr/c2*1-2-13-11-15-9-6-10-16(17(15)12-13)14-7-4-3-5-8-14;1-12-3-7-14(8-4-12)11-15-9-5-13(2)6-10-15;;;/h2*3-12H,2H2,1H3;3-10H,1-2H3;2*1H;/q2*-1;;;;+2/p-2. The van der Waals surface area contributed by atoms with Gasteiger partial charge in [0.1, 0.15) is 0 Å². The number of benzene rings is 6. The molecule has 0 aliphatic heterocycles. The molecule has 0 amide bonds. The van der Waals surface area contributed by atoms with E-state index in [4.69, 9.17) is 17.0 Å². The Labute approximate surface area is 324 Å². The first kappa shape index (κ1) is 37.6. The molecule has 0 fully saturated rings. The summed E-state index contributed by atoms with van der Waals surface area (Å²) in [5, 5.41) is 5.44. The maximum absolute atomic E-state index is 6.32. The number of halogens is 2. The molecular weight excluding hydrogens is 751 g/mol. The topological polar surface area (TPSA) is 0 Å². The van der Waals surface area contributed by atoms with Gasteiger partial charge in [0.15, 0.2) is 0 Å². The van der Waals surface area contributed by atoms with Crippen molar-refractivity contribution < 1.29 is 18.9 Å². The predicted octanol–water partition coefficient (Wildman–Crippen LogP) is 14.4. The molecule has 0 aromatic heterocycles. The number of fused-ring (bicyclic) bond motifs is 2. The third-order valence-electron chi connectivity index (χ3n) is 9.48. The molecule has 52 heavy (non-hydrogen) atoms. The minimum atomic E-state index is -2.48. The molecule has 0 radical (unpaired) electrons. The van der Waals surface area contributed by atoms with E-state index in [1.54, 1.807) is 0 Å². The van der Waals surface area contributed by atoms with Crippen LogP contribution in [0.1, 0.15) is 47.2 Å². The fourth-order valence-corrected chi connectivity index (χ4v) is 11.0. The second kappa shape index (κ2) is 18.1. The average molecular weight is 795 g/mol. The molecule has 8 rings (SSSR count). The van der Waals surface area contributed by atoms with Crippen molar-refractivity contribution in [3.05, 3.63) is 203 Å². The zero-order valence-corrected chi connectivity index (χ0v) is 34.3. The number of hydrogen-bond donors (Lipinski definition) is 0. The Kier molecular flexibility index (Phi) is 13.1. The van der Waals surface area contributed by atoms with Crippen LogP contribution in [0.3, 0.4) is 0 Å². The Hall–Kier alpha value is -4.13. The van der Waals surface area contributed by atoms with Crippen molar-refractivity contribution in [2.45, 2.75) is 40.5 Å². The molecule has 0 atom stereocenters. The monoisotopic (exact) mass is 792 g/mol. The van der Waals surface area contributed by atoms with Crippen LogP contribution >= 0.6 is 17.0 Å². The van der Waals surface area contributed by atoms with E-state index in [9.17, 15) is 0 Å². The molecule has 8 aromatic carbocycles. The summed E-state index contributed by atoms with van der Waals surface area (Å²) in [6.45, 7) is 8.57. The second-order valence-electron chi connectivity index (χ2n) is 13.2. The second-order valence-corrected chi connectivity index (χ2v) is 21.3. The molecule has 0 saturated carbocycles. The van der Waals surface area contributed by atoms with Crippen LogP contribution in [0.5, 0.6) is 0 Å². The van der Waals surface area contributed by atoms with Crippen molar-refractivity contribution >= 4 is 41.8 Å². The first-order valence-electron chi connectivity index (χ1n) is 18.0.